The molecule has 5 rings (SSSR count). The molecule has 13 heteroatoms. The molecule has 0 radical (unpaired) electrons. The fourth-order valence-electron chi connectivity index (χ4n) is 7.00. The summed E-state index contributed by atoms with van der Waals surface area (Å²) in [4.78, 5) is 27.6. The van der Waals surface area contributed by atoms with E-state index in [9.17, 15) is 4.79 Å². The number of benzene rings is 1. The molecule has 2 aromatic heterocycles. The third kappa shape index (κ3) is 11.0. The minimum absolute atomic E-state index is 0.0259. The summed E-state index contributed by atoms with van der Waals surface area (Å²) in [5, 5.41) is 2.95. The van der Waals surface area contributed by atoms with Crippen molar-refractivity contribution in [2.75, 3.05) is 25.1 Å². The molecule has 3 aromatic rings. The van der Waals surface area contributed by atoms with E-state index >= 15 is 0 Å². The highest BCUT2D eigenvalue weighted by Crippen LogP contribution is 2.43. The molecule has 310 valence electrons. The van der Waals surface area contributed by atoms with E-state index in [-0.39, 0.29) is 46.9 Å². The molecule has 6 atom stereocenters. The van der Waals surface area contributed by atoms with E-state index in [2.05, 4.69) is 93.8 Å². The smallest absolute Gasteiger partial charge is 0.264 e. The summed E-state index contributed by atoms with van der Waals surface area (Å²) < 4.78 is 34.8. The van der Waals surface area contributed by atoms with Gasteiger partial charge in [-0.1, -0.05) is 93.0 Å². The third-order valence-corrected chi connectivity index (χ3v) is 21.6. The summed E-state index contributed by atoms with van der Waals surface area (Å²) in [5.41, 5.74) is 1.75. The first-order valence-electron chi connectivity index (χ1n) is 20.6. The minimum atomic E-state index is -2.16. The molecule has 1 saturated carbocycles. The molecular formula is C43H69N5O6Si2. The molecule has 2 aliphatic rings. The monoisotopic (exact) mass is 807 g/mol. The summed E-state index contributed by atoms with van der Waals surface area (Å²) in [6, 6.07) is 9.25. The van der Waals surface area contributed by atoms with E-state index in [4.69, 9.17) is 38.0 Å². The van der Waals surface area contributed by atoms with Crippen LogP contribution in [0.4, 0.5) is 5.95 Å². The van der Waals surface area contributed by atoms with Crippen molar-refractivity contribution in [2.45, 2.75) is 149 Å². The van der Waals surface area contributed by atoms with Gasteiger partial charge in [0, 0.05) is 6.42 Å². The molecule has 0 unspecified atom stereocenters. The van der Waals surface area contributed by atoms with Crippen LogP contribution in [0.25, 0.3) is 17.2 Å². The Bertz CT molecular complexity index is 1780. The maximum atomic E-state index is 13.2. The van der Waals surface area contributed by atoms with Crippen LogP contribution in [0.3, 0.4) is 0 Å². The fraction of sp³-hybridized carbons (Fsp3) is 0.674. The summed E-state index contributed by atoms with van der Waals surface area (Å²) in [5.74, 6) is 2.17. The van der Waals surface area contributed by atoms with Gasteiger partial charge in [-0.25, -0.2) is 9.97 Å². The number of carbonyl (C=O) groups is 1. The van der Waals surface area contributed by atoms with E-state index in [1.54, 1.807) is 6.33 Å². The van der Waals surface area contributed by atoms with Gasteiger partial charge in [-0.05, 0) is 85.1 Å². The molecule has 3 heterocycles. The van der Waals surface area contributed by atoms with Crippen LogP contribution in [-0.2, 0) is 23.1 Å². The SMILES string of the molecule is CC(C)[C@@H]1CC[C@@H](C)C[C@H]1OC/C=C/c1nc(NC(=O)COc2ccccc2)nc2c1ncn2[C@H]1C[C@H](O[Si](C)(C)C(C)(C)C)[C@@H](CO[Si](C)(C)C(C)(C)C)O1. The van der Waals surface area contributed by atoms with Crippen molar-refractivity contribution in [3.63, 3.8) is 0 Å². The molecule has 1 saturated heterocycles. The topological polar surface area (TPSA) is 119 Å². The Hall–Kier alpha value is -2.95. The predicted molar refractivity (Wildman–Crippen MR) is 230 cm³/mol. The van der Waals surface area contributed by atoms with Crippen molar-refractivity contribution in [2.24, 2.45) is 17.8 Å². The van der Waals surface area contributed by atoms with Crippen molar-refractivity contribution >= 4 is 45.7 Å². The van der Waals surface area contributed by atoms with Crippen LogP contribution in [0, 0.1) is 17.8 Å². The quantitative estimate of drug-likeness (QED) is 0.150. The van der Waals surface area contributed by atoms with E-state index < -0.39 is 22.9 Å². The number of hydrogen-bond donors (Lipinski definition) is 1. The number of carbonyl (C=O) groups excluding carboxylic acids is 1. The average Bonchev–Trinajstić information content (AvgIpc) is 3.71. The zero-order valence-electron chi connectivity index (χ0n) is 36.3. The maximum Gasteiger partial charge on any atom is 0.264 e. The van der Waals surface area contributed by atoms with Crippen LogP contribution in [0.2, 0.25) is 36.3 Å². The van der Waals surface area contributed by atoms with Gasteiger partial charge in [-0.3, -0.25) is 14.7 Å². The lowest BCUT2D eigenvalue weighted by molar-refractivity contribution is -0.118. The number of hydrogen-bond acceptors (Lipinski definition) is 9. The van der Waals surface area contributed by atoms with Crippen molar-refractivity contribution in [3.05, 3.63) is 48.4 Å². The summed E-state index contributed by atoms with van der Waals surface area (Å²) in [6.07, 6.45) is 9.17. The van der Waals surface area contributed by atoms with Crippen LogP contribution in [0.1, 0.15) is 99.9 Å². The normalized spacial score (nSPS) is 24.0. The first-order chi connectivity index (χ1) is 26.1. The highest BCUT2D eigenvalue weighted by atomic mass is 28.4. The van der Waals surface area contributed by atoms with Crippen LogP contribution < -0.4 is 10.1 Å². The van der Waals surface area contributed by atoms with E-state index in [0.717, 1.165) is 6.42 Å². The molecular weight excluding hydrogens is 739 g/mol. The van der Waals surface area contributed by atoms with Crippen LogP contribution >= 0.6 is 0 Å². The van der Waals surface area contributed by atoms with Gasteiger partial charge in [0.2, 0.25) is 5.95 Å². The Morgan fingerprint density at radius 2 is 1.68 bits per heavy atom. The largest absolute Gasteiger partial charge is 0.484 e. The molecule has 1 N–H and O–H groups in total. The van der Waals surface area contributed by atoms with Gasteiger partial charge in [0.05, 0.1) is 37.4 Å². The van der Waals surface area contributed by atoms with Gasteiger partial charge in [0.15, 0.2) is 28.9 Å². The Morgan fingerprint density at radius 3 is 2.34 bits per heavy atom. The maximum absolute atomic E-state index is 13.2. The van der Waals surface area contributed by atoms with Gasteiger partial charge in [-0.2, -0.15) is 4.98 Å². The average molecular weight is 808 g/mol. The number of nitrogens with zero attached hydrogens (tertiary/aromatic N) is 4. The highest BCUT2D eigenvalue weighted by molar-refractivity contribution is 6.74. The molecule has 56 heavy (non-hydrogen) atoms. The second-order valence-electron chi connectivity index (χ2n) is 19.4. The molecule has 0 spiro atoms. The fourth-order valence-corrected chi connectivity index (χ4v) is 9.37. The second-order valence-corrected chi connectivity index (χ2v) is 28.9. The van der Waals surface area contributed by atoms with Gasteiger partial charge in [-0.15, -0.1) is 0 Å². The molecule has 0 bridgehead atoms. The lowest BCUT2D eigenvalue weighted by atomic mass is 9.75. The number of imidazole rings is 1. The molecule has 1 aliphatic heterocycles. The summed E-state index contributed by atoms with van der Waals surface area (Å²) >= 11 is 0. The molecule has 1 amide bonds. The van der Waals surface area contributed by atoms with Crippen molar-refractivity contribution < 1.29 is 27.9 Å². The van der Waals surface area contributed by atoms with Crippen molar-refractivity contribution in [1.29, 1.82) is 0 Å². The second kappa shape index (κ2) is 17.9. The van der Waals surface area contributed by atoms with Gasteiger partial charge in [0.25, 0.3) is 5.91 Å². The zero-order valence-corrected chi connectivity index (χ0v) is 38.3. The Labute approximate surface area is 338 Å². The molecule has 1 aromatic carbocycles. The van der Waals surface area contributed by atoms with Crippen molar-refractivity contribution in [3.8, 4) is 5.75 Å². The van der Waals surface area contributed by atoms with E-state index in [1.807, 2.05) is 47.1 Å². The first kappa shape index (κ1) is 44.2. The number of rotatable bonds is 15. The Balaban J connectivity index is 1.43. The molecule has 2 fully saturated rings. The minimum Gasteiger partial charge on any atom is -0.484 e. The number of ether oxygens (including phenoxy) is 3. The summed E-state index contributed by atoms with van der Waals surface area (Å²) in [6.45, 7) is 30.2. The van der Waals surface area contributed by atoms with Crippen LogP contribution in [0.15, 0.2) is 42.7 Å². The van der Waals surface area contributed by atoms with Gasteiger partial charge in [0.1, 0.15) is 23.6 Å². The summed E-state index contributed by atoms with van der Waals surface area (Å²) in [7, 11) is -4.22. The van der Waals surface area contributed by atoms with Crippen LogP contribution in [0.5, 0.6) is 5.75 Å². The number of fused-ring (bicyclic) bond motifs is 1. The van der Waals surface area contributed by atoms with Crippen molar-refractivity contribution in [1.82, 2.24) is 19.5 Å². The molecule has 11 nitrogen and oxygen atoms in total. The third-order valence-electron chi connectivity index (χ3n) is 12.6. The lowest BCUT2D eigenvalue weighted by Gasteiger charge is -2.40. The number of nitrogens with one attached hydrogen (secondary N) is 1. The van der Waals surface area contributed by atoms with E-state index in [0.29, 0.717) is 60.0 Å². The van der Waals surface area contributed by atoms with Gasteiger partial charge < -0.3 is 23.1 Å². The van der Waals surface area contributed by atoms with Gasteiger partial charge >= 0.3 is 0 Å². The Morgan fingerprint density at radius 1 is 0.982 bits per heavy atom. The zero-order chi connectivity index (χ0) is 41.1. The number of amides is 1. The number of para-hydroxylation sites is 1. The lowest BCUT2D eigenvalue weighted by Crippen LogP contribution is -2.48. The molecule has 1 aliphatic carbocycles. The predicted octanol–water partition coefficient (Wildman–Crippen LogP) is 10.0. The number of aromatic nitrogens is 4. The highest BCUT2D eigenvalue weighted by Gasteiger charge is 2.47. The number of anilines is 1. The van der Waals surface area contributed by atoms with Crippen LogP contribution in [-0.4, -0.2) is 80.2 Å². The standard InChI is InChI=1S/C43H69N5O6Si2/c1-29(2)32-22-21-30(3)24-34(32)50-23-17-20-33-39-40(47-41(45-33)46-37(49)27-51-31-18-15-14-16-19-31)48(28-44-39)38-25-35(54-56(12,13)43(7,8)9)36(53-38)26-52-55(10,11)42(4,5)6/h14-20,28-30,32,34-36,38H,21-27H2,1-13H3,(H,45,46,47,49)/b20-17+/t30-,32+,34-,35+,36-,38-/m1/s1. The van der Waals surface area contributed by atoms with E-state index in [1.165, 1.54) is 12.8 Å². The first-order valence-corrected chi connectivity index (χ1v) is 26.4. The Kier molecular flexibility index (Phi) is 14.1.